The first-order valence-corrected chi connectivity index (χ1v) is 11.3. The van der Waals surface area contributed by atoms with Crippen LogP contribution in [0.2, 0.25) is 0 Å². The lowest BCUT2D eigenvalue weighted by molar-refractivity contribution is 0.0386. The van der Waals surface area contributed by atoms with Gasteiger partial charge < -0.3 is 4.90 Å². The molecule has 1 aromatic carbocycles. The fourth-order valence-electron chi connectivity index (χ4n) is 5.37. The molecule has 0 radical (unpaired) electrons. The summed E-state index contributed by atoms with van der Waals surface area (Å²) >= 11 is 0. The first-order valence-electron chi connectivity index (χ1n) is 11.3. The number of piperidine rings is 1. The summed E-state index contributed by atoms with van der Waals surface area (Å²) in [7, 11) is 1.69. The van der Waals surface area contributed by atoms with E-state index in [-0.39, 0.29) is 23.6 Å². The van der Waals surface area contributed by atoms with E-state index in [4.69, 9.17) is 0 Å². The van der Waals surface area contributed by atoms with Gasteiger partial charge in [0.15, 0.2) is 17.5 Å². The van der Waals surface area contributed by atoms with Crippen LogP contribution in [0, 0.1) is 17.5 Å². The Morgan fingerprint density at radius 1 is 1.06 bits per heavy atom. The van der Waals surface area contributed by atoms with Crippen LogP contribution in [0.25, 0.3) is 16.9 Å². The van der Waals surface area contributed by atoms with Gasteiger partial charge in [-0.2, -0.15) is 5.10 Å². The summed E-state index contributed by atoms with van der Waals surface area (Å²) in [6.07, 6.45) is 7.56. The summed E-state index contributed by atoms with van der Waals surface area (Å²) in [5.41, 5.74) is 3.31. The maximum atomic E-state index is 14.0. The fourth-order valence-corrected chi connectivity index (χ4v) is 5.37. The average Bonchev–Trinajstić information content (AvgIpc) is 3.50. The highest BCUT2D eigenvalue weighted by Gasteiger charge is 2.44. The normalized spacial score (nSPS) is 19.0. The summed E-state index contributed by atoms with van der Waals surface area (Å²) in [5, 5.41) is 12.3. The molecule has 0 aliphatic carbocycles. The van der Waals surface area contributed by atoms with Crippen LogP contribution in [0.3, 0.4) is 0 Å². The van der Waals surface area contributed by atoms with E-state index in [0.29, 0.717) is 29.9 Å². The molecule has 2 aliphatic rings. The van der Waals surface area contributed by atoms with Crippen LogP contribution in [0.15, 0.2) is 43.1 Å². The van der Waals surface area contributed by atoms with Gasteiger partial charge in [-0.1, -0.05) is 0 Å². The highest BCUT2D eigenvalue weighted by molar-refractivity contribution is 5.93. The summed E-state index contributed by atoms with van der Waals surface area (Å²) < 4.78 is 44.8. The third kappa shape index (κ3) is 3.41. The van der Waals surface area contributed by atoms with Gasteiger partial charge in [0.2, 0.25) is 0 Å². The highest BCUT2D eigenvalue weighted by Crippen LogP contribution is 2.45. The zero-order valence-electron chi connectivity index (χ0n) is 18.7. The molecule has 8 nitrogen and oxygen atoms in total. The van der Waals surface area contributed by atoms with Crippen molar-refractivity contribution >= 4 is 5.91 Å². The molecular formula is C24H20F3N7O. The monoisotopic (exact) mass is 479 g/mol. The lowest BCUT2D eigenvalue weighted by atomic mass is 9.81. The molecule has 2 aliphatic heterocycles. The highest BCUT2D eigenvalue weighted by atomic mass is 19.2. The number of carbonyl (C=O) groups excluding carboxylic acids is 1. The summed E-state index contributed by atoms with van der Waals surface area (Å²) in [6.45, 7) is 0. The Morgan fingerprint density at radius 2 is 1.80 bits per heavy atom. The second kappa shape index (κ2) is 8.03. The Labute approximate surface area is 198 Å². The van der Waals surface area contributed by atoms with Gasteiger partial charge in [-0.3, -0.25) is 19.0 Å². The van der Waals surface area contributed by atoms with Gasteiger partial charge in [0.05, 0.1) is 23.1 Å². The molecule has 2 bridgehead atoms. The third-order valence-corrected chi connectivity index (χ3v) is 6.85. The van der Waals surface area contributed by atoms with Crippen LogP contribution < -0.4 is 0 Å². The number of hydrogen-bond donors (Lipinski definition) is 0. The van der Waals surface area contributed by atoms with Crippen LogP contribution >= 0.6 is 0 Å². The van der Waals surface area contributed by atoms with Crippen molar-refractivity contribution in [2.45, 2.75) is 37.8 Å². The van der Waals surface area contributed by atoms with Crippen molar-refractivity contribution in [2.75, 3.05) is 0 Å². The molecule has 0 N–H and O–H groups in total. The standard InChI is InChI=1S/C24H20F3N7O/c1-32-23(13-7-17(25)21(27)18(26)8-13)16-9-15-3-2-4-20(22(16)31-32)34(15)24(35)19-10-14(5-6-28-19)33-11-29-30-12-33/h5-8,10-12,15,20H,2-4,9H2,1H3/t15-,20+/m0/s1. The quantitative estimate of drug-likeness (QED) is 0.418. The number of hydrogen-bond acceptors (Lipinski definition) is 5. The maximum Gasteiger partial charge on any atom is 0.273 e. The Balaban J connectivity index is 1.40. The number of rotatable bonds is 3. The number of amides is 1. The first-order chi connectivity index (χ1) is 16.9. The van der Waals surface area contributed by atoms with Gasteiger partial charge in [-0.05, 0) is 49.9 Å². The molecule has 4 aromatic rings. The molecule has 0 saturated carbocycles. The van der Waals surface area contributed by atoms with Crippen LogP contribution in [-0.4, -0.2) is 46.4 Å². The third-order valence-electron chi connectivity index (χ3n) is 6.85. The smallest absolute Gasteiger partial charge is 0.273 e. The Bertz CT molecular complexity index is 1430. The largest absolute Gasteiger partial charge is 0.325 e. The minimum absolute atomic E-state index is 0.118. The van der Waals surface area contributed by atoms with E-state index in [1.165, 1.54) is 0 Å². The van der Waals surface area contributed by atoms with Crippen molar-refractivity contribution in [3.8, 4) is 16.9 Å². The fraction of sp³-hybridized carbons (Fsp3) is 0.292. The molecular weight excluding hydrogens is 459 g/mol. The molecule has 178 valence electrons. The van der Waals surface area contributed by atoms with Gasteiger partial charge in [-0.15, -0.1) is 10.2 Å². The lowest BCUT2D eigenvalue weighted by Gasteiger charge is -2.45. The van der Waals surface area contributed by atoms with E-state index in [2.05, 4.69) is 20.3 Å². The molecule has 0 unspecified atom stereocenters. The molecule has 1 saturated heterocycles. The molecule has 5 heterocycles. The van der Waals surface area contributed by atoms with Crippen LogP contribution in [0.1, 0.15) is 47.1 Å². The number of nitrogens with zero attached hydrogens (tertiary/aromatic N) is 7. The van der Waals surface area contributed by atoms with Crippen molar-refractivity contribution < 1.29 is 18.0 Å². The van der Waals surface area contributed by atoms with Gasteiger partial charge in [0, 0.05) is 30.4 Å². The van der Waals surface area contributed by atoms with Crippen molar-refractivity contribution in [1.29, 1.82) is 0 Å². The number of aryl methyl sites for hydroxylation is 1. The summed E-state index contributed by atoms with van der Waals surface area (Å²) in [5.74, 6) is -4.20. The van der Waals surface area contributed by atoms with Gasteiger partial charge >= 0.3 is 0 Å². The van der Waals surface area contributed by atoms with E-state index >= 15 is 0 Å². The predicted molar refractivity (Wildman–Crippen MR) is 118 cm³/mol. The predicted octanol–water partition coefficient (Wildman–Crippen LogP) is 3.77. The minimum Gasteiger partial charge on any atom is -0.325 e. The van der Waals surface area contributed by atoms with E-state index in [9.17, 15) is 18.0 Å². The molecule has 35 heavy (non-hydrogen) atoms. The number of fused-ring (bicyclic) bond motifs is 4. The second-order valence-electron chi connectivity index (χ2n) is 8.88. The summed E-state index contributed by atoms with van der Waals surface area (Å²) in [6, 6.07) is 5.03. The average molecular weight is 479 g/mol. The molecule has 6 rings (SSSR count). The lowest BCUT2D eigenvalue weighted by Crippen LogP contribution is -2.50. The van der Waals surface area contributed by atoms with Crippen molar-refractivity contribution in [3.63, 3.8) is 0 Å². The number of pyridine rings is 1. The topological polar surface area (TPSA) is 81.7 Å². The number of halogens is 3. The molecule has 0 spiro atoms. The first kappa shape index (κ1) is 21.5. The Morgan fingerprint density at radius 3 is 2.54 bits per heavy atom. The number of benzene rings is 1. The van der Waals surface area contributed by atoms with E-state index in [1.807, 2.05) is 4.90 Å². The van der Waals surface area contributed by atoms with Gasteiger partial charge in [-0.25, -0.2) is 13.2 Å². The minimum atomic E-state index is -1.50. The van der Waals surface area contributed by atoms with E-state index in [1.54, 1.807) is 47.3 Å². The maximum absolute atomic E-state index is 14.0. The molecule has 11 heteroatoms. The van der Waals surface area contributed by atoms with E-state index in [0.717, 1.165) is 36.2 Å². The van der Waals surface area contributed by atoms with Crippen LogP contribution in [0.4, 0.5) is 13.2 Å². The van der Waals surface area contributed by atoms with Crippen LogP contribution in [0.5, 0.6) is 0 Å². The molecule has 3 aromatic heterocycles. The summed E-state index contributed by atoms with van der Waals surface area (Å²) in [4.78, 5) is 19.8. The molecule has 1 amide bonds. The number of aromatic nitrogens is 6. The van der Waals surface area contributed by atoms with Crippen molar-refractivity contribution in [1.82, 2.24) is 34.4 Å². The Hall–Kier alpha value is -4.02. The van der Waals surface area contributed by atoms with Crippen molar-refractivity contribution in [3.05, 3.63) is 77.5 Å². The van der Waals surface area contributed by atoms with Crippen molar-refractivity contribution in [2.24, 2.45) is 7.05 Å². The second-order valence-corrected chi connectivity index (χ2v) is 8.88. The molecule has 1 fully saturated rings. The zero-order chi connectivity index (χ0) is 24.3. The van der Waals surface area contributed by atoms with Crippen LogP contribution in [-0.2, 0) is 13.5 Å². The zero-order valence-corrected chi connectivity index (χ0v) is 18.7. The molecule has 2 atom stereocenters. The SMILES string of the molecule is Cn1nc2c(c1-c1cc(F)c(F)c(F)c1)C[C@@H]1CCC[C@H]2N1C(=O)c1cc(-n2cnnc2)ccn1. The van der Waals surface area contributed by atoms with Gasteiger partial charge in [0.25, 0.3) is 5.91 Å². The van der Waals surface area contributed by atoms with Gasteiger partial charge in [0.1, 0.15) is 18.3 Å². The Kier molecular flexibility index (Phi) is 4.94. The van der Waals surface area contributed by atoms with E-state index < -0.39 is 17.5 Å². The number of carbonyl (C=O) groups is 1.